The van der Waals surface area contributed by atoms with Crippen molar-refractivity contribution in [2.45, 2.75) is 59.0 Å². The molecule has 0 spiro atoms. The zero-order valence-electron chi connectivity index (χ0n) is 18.4. The summed E-state index contributed by atoms with van der Waals surface area (Å²) in [4.78, 5) is 29.8. The van der Waals surface area contributed by atoms with Gasteiger partial charge in [-0.3, -0.25) is 4.79 Å². The summed E-state index contributed by atoms with van der Waals surface area (Å²) in [5.41, 5.74) is 2.80. The molecule has 2 aromatic rings. The highest BCUT2D eigenvalue weighted by molar-refractivity contribution is 7.16. The van der Waals surface area contributed by atoms with Crippen LogP contribution in [0.1, 0.15) is 67.9 Å². The fourth-order valence-electron chi connectivity index (χ4n) is 4.01. The lowest BCUT2D eigenvalue weighted by Crippen LogP contribution is -2.55. The Morgan fingerprint density at radius 1 is 1.23 bits per heavy atom. The van der Waals surface area contributed by atoms with Gasteiger partial charge in [0, 0.05) is 34.8 Å². The number of nitrogens with zero attached hydrogens (tertiary/aromatic N) is 1. The van der Waals surface area contributed by atoms with Crippen molar-refractivity contribution in [1.82, 2.24) is 5.32 Å². The molecule has 1 aliphatic heterocycles. The zero-order chi connectivity index (χ0) is 22.1. The van der Waals surface area contributed by atoms with E-state index in [1.54, 1.807) is 6.21 Å². The molecule has 1 aromatic carbocycles. The molecule has 6 nitrogen and oxygen atoms in total. The topological polar surface area (TPSA) is 79.8 Å². The van der Waals surface area contributed by atoms with Gasteiger partial charge in [-0.15, -0.1) is 11.3 Å². The molecule has 1 aromatic heterocycles. The van der Waals surface area contributed by atoms with Crippen molar-refractivity contribution >= 4 is 40.1 Å². The summed E-state index contributed by atoms with van der Waals surface area (Å²) < 4.78 is 5.37. The normalized spacial score (nSPS) is 16.9. The molecule has 160 valence electrons. The van der Waals surface area contributed by atoms with Crippen molar-refractivity contribution < 1.29 is 14.3 Å². The molecule has 0 saturated heterocycles. The molecule has 2 heterocycles. The summed E-state index contributed by atoms with van der Waals surface area (Å²) in [7, 11) is 0. The molecule has 2 N–H and O–H groups in total. The molecule has 0 fully saturated rings. The molecule has 3 rings (SSSR count). The molecule has 30 heavy (non-hydrogen) atoms. The highest BCUT2D eigenvalue weighted by Gasteiger charge is 2.41. The molecule has 1 aliphatic rings. The molecule has 0 unspecified atom stereocenters. The van der Waals surface area contributed by atoms with E-state index in [0.29, 0.717) is 17.2 Å². The van der Waals surface area contributed by atoms with Gasteiger partial charge in [-0.2, -0.15) is 0 Å². The minimum Gasteiger partial charge on any atom is -0.462 e. The Balaban J connectivity index is 2.00. The van der Waals surface area contributed by atoms with E-state index in [1.165, 1.54) is 18.3 Å². The number of benzene rings is 1. The molecule has 0 radical (unpaired) electrons. The predicted octanol–water partition coefficient (Wildman–Crippen LogP) is 4.79. The van der Waals surface area contributed by atoms with E-state index in [-0.39, 0.29) is 23.0 Å². The monoisotopic (exact) mass is 427 g/mol. The summed E-state index contributed by atoms with van der Waals surface area (Å²) in [5.74, 6) is -0.435. The quantitative estimate of drug-likeness (QED) is 0.531. The van der Waals surface area contributed by atoms with E-state index in [9.17, 15) is 9.59 Å². The number of rotatable bonds is 5. The van der Waals surface area contributed by atoms with Crippen molar-refractivity contribution in [3.05, 3.63) is 45.8 Å². The van der Waals surface area contributed by atoms with Crippen molar-refractivity contribution in [2.24, 2.45) is 4.99 Å². The lowest BCUT2D eigenvalue weighted by atomic mass is 9.81. The number of carbonyl (C=O) groups is 2. The maximum atomic E-state index is 12.8. The minimum absolute atomic E-state index is 0.112. The Morgan fingerprint density at radius 3 is 2.50 bits per heavy atom. The molecular weight excluding hydrogens is 398 g/mol. The number of fused-ring (bicyclic) bond motifs is 1. The molecule has 7 heteroatoms. The molecule has 0 atom stereocenters. The second-order valence-electron chi connectivity index (χ2n) is 8.68. The third-order valence-electron chi connectivity index (χ3n) is 4.87. The predicted molar refractivity (Wildman–Crippen MR) is 122 cm³/mol. The van der Waals surface area contributed by atoms with Gasteiger partial charge >= 0.3 is 5.97 Å². The number of aliphatic imine (C=N–C) groups is 1. The van der Waals surface area contributed by atoms with Crippen LogP contribution in [0.15, 0.2) is 29.3 Å². The number of hydrogen-bond acceptors (Lipinski definition) is 6. The van der Waals surface area contributed by atoms with Crippen molar-refractivity contribution in [1.29, 1.82) is 0 Å². The number of nitrogens with one attached hydrogen (secondary N) is 2. The SMILES string of the molecule is CCOC(=O)c1c(N=Cc2ccc(NC(C)=O)cc2)sc2c1CC(C)(C)NC2(C)C. The second kappa shape index (κ2) is 8.32. The Hall–Kier alpha value is -2.51. The number of amides is 1. The molecule has 1 amide bonds. The lowest BCUT2D eigenvalue weighted by Gasteiger charge is -2.42. The van der Waals surface area contributed by atoms with Crippen LogP contribution in [-0.2, 0) is 21.5 Å². The van der Waals surface area contributed by atoms with Gasteiger partial charge in [-0.25, -0.2) is 9.79 Å². The second-order valence-corrected chi connectivity index (χ2v) is 9.68. The zero-order valence-corrected chi connectivity index (χ0v) is 19.2. The third-order valence-corrected chi connectivity index (χ3v) is 6.33. The van der Waals surface area contributed by atoms with E-state index in [0.717, 1.165) is 28.1 Å². The Morgan fingerprint density at radius 2 is 1.90 bits per heavy atom. The number of esters is 1. The van der Waals surface area contributed by atoms with E-state index in [4.69, 9.17) is 4.74 Å². The van der Waals surface area contributed by atoms with Crippen LogP contribution in [0.5, 0.6) is 0 Å². The summed E-state index contributed by atoms with van der Waals surface area (Å²) in [6.07, 6.45) is 2.47. The highest BCUT2D eigenvalue weighted by atomic mass is 32.1. The first-order valence-corrected chi connectivity index (χ1v) is 10.9. The van der Waals surface area contributed by atoms with E-state index < -0.39 is 0 Å². The van der Waals surface area contributed by atoms with Crippen LogP contribution in [-0.4, -0.2) is 30.2 Å². The average Bonchev–Trinajstić information content (AvgIpc) is 2.98. The van der Waals surface area contributed by atoms with Crippen LogP contribution in [0.3, 0.4) is 0 Å². The van der Waals surface area contributed by atoms with Gasteiger partial charge in [0.25, 0.3) is 0 Å². The number of anilines is 1. The first-order chi connectivity index (χ1) is 14.0. The maximum Gasteiger partial charge on any atom is 0.341 e. The van der Waals surface area contributed by atoms with Gasteiger partial charge in [-0.1, -0.05) is 12.1 Å². The van der Waals surface area contributed by atoms with Crippen LogP contribution in [0, 0.1) is 0 Å². The van der Waals surface area contributed by atoms with Crippen LogP contribution in [0.4, 0.5) is 10.7 Å². The number of hydrogen-bond donors (Lipinski definition) is 2. The largest absolute Gasteiger partial charge is 0.462 e. The maximum absolute atomic E-state index is 12.8. The fourth-order valence-corrected chi connectivity index (χ4v) is 5.22. The van der Waals surface area contributed by atoms with Crippen LogP contribution in [0.2, 0.25) is 0 Å². The molecular formula is C23H29N3O3S. The van der Waals surface area contributed by atoms with Gasteiger partial charge < -0.3 is 15.4 Å². The Kier molecular flexibility index (Phi) is 6.15. The molecule has 0 aliphatic carbocycles. The summed E-state index contributed by atoms with van der Waals surface area (Å²) >= 11 is 1.54. The fraction of sp³-hybridized carbons (Fsp3) is 0.435. The van der Waals surface area contributed by atoms with Crippen molar-refractivity contribution in [3.63, 3.8) is 0 Å². The van der Waals surface area contributed by atoms with Crippen LogP contribution >= 0.6 is 11.3 Å². The summed E-state index contributed by atoms with van der Waals surface area (Å²) in [5, 5.41) is 7.07. The Bertz CT molecular complexity index is 988. The highest BCUT2D eigenvalue weighted by Crippen LogP contribution is 2.46. The number of thiophene rings is 1. The summed E-state index contributed by atoms with van der Waals surface area (Å²) in [6.45, 7) is 12.2. The smallest absolute Gasteiger partial charge is 0.341 e. The van der Waals surface area contributed by atoms with E-state index in [2.05, 4.69) is 43.3 Å². The molecule has 0 bridgehead atoms. The standard InChI is InChI=1S/C23H29N3O3S/c1-7-29-21(28)18-17-12-22(3,4)26-23(5,6)19(17)30-20(18)24-13-15-8-10-16(11-9-15)25-14(2)27/h8-11,13,26H,7,12H2,1-6H3,(H,25,27). The first kappa shape index (κ1) is 22.2. The minimum atomic E-state index is -0.323. The van der Waals surface area contributed by atoms with Crippen molar-refractivity contribution in [3.8, 4) is 0 Å². The van der Waals surface area contributed by atoms with Gasteiger partial charge in [0.1, 0.15) is 5.00 Å². The molecule has 0 saturated carbocycles. The van der Waals surface area contributed by atoms with Crippen LogP contribution in [0.25, 0.3) is 0 Å². The van der Waals surface area contributed by atoms with E-state index in [1.807, 2.05) is 31.2 Å². The van der Waals surface area contributed by atoms with E-state index >= 15 is 0 Å². The Labute approximate surface area is 181 Å². The van der Waals surface area contributed by atoms with Gasteiger partial charge in [0.2, 0.25) is 5.91 Å². The summed E-state index contributed by atoms with van der Waals surface area (Å²) in [6, 6.07) is 7.40. The number of ether oxygens (including phenoxy) is 1. The lowest BCUT2D eigenvalue weighted by molar-refractivity contribution is -0.114. The average molecular weight is 428 g/mol. The van der Waals surface area contributed by atoms with Crippen LogP contribution < -0.4 is 10.6 Å². The number of carbonyl (C=O) groups excluding carboxylic acids is 2. The third kappa shape index (κ3) is 4.79. The van der Waals surface area contributed by atoms with Gasteiger partial charge in [0.15, 0.2) is 0 Å². The van der Waals surface area contributed by atoms with Gasteiger partial charge in [-0.05, 0) is 64.3 Å². The first-order valence-electron chi connectivity index (χ1n) is 10.1. The van der Waals surface area contributed by atoms with Crippen molar-refractivity contribution in [2.75, 3.05) is 11.9 Å². The van der Waals surface area contributed by atoms with Gasteiger partial charge in [0.05, 0.1) is 12.2 Å².